The van der Waals surface area contributed by atoms with Crippen molar-refractivity contribution in [1.82, 2.24) is 0 Å². The molecular weight excluding hydrogens is 215 g/mol. The predicted octanol–water partition coefficient (Wildman–Crippen LogP) is 1.37. The molecule has 0 bridgehead atoms. The summed E-state index contributed by atoms with van der Waals surface area (Å²) in [5.41, 5.74) is -0.127. The summed E-state index contributed by atoms with van der Waals surface area (Å²) in [5.74, 6) is -3.03. The molecule has 0 aliphatic carbocycles. The molecule has 88 valence electrons. The van der Waals surface area contributed by atoms with Gasteiger partial charge in [0, 0.05) is 5.56 Å². The number of aromatic hydroxyl groups is 1. The maximum atomic E-state index is 13.4. The number of phenols is 1. The Morgan fingerprint density at radius 2 is 2.12 bits per heavy atom. The largest absolute Gasteiger partial charge is 0.505 e. The van der Waals surface area contributed by atoms with Crippen LogP contribution in [-0.2, 0) is 9.53 Å². The number of aliphatic hydroxyl groups is 1. The number of phenolic OH excluding ortho intramolecular Hbond substituents is 1. The molecule has 0 saturated carbocycles. The van der Waals surface area contributed by atoms with Gasteiger partial charge in [0.15, 0.2) is 11.6 Å². The molecular formula is C11H13FO4. The molecule has 4 nitrogen and oxygen atoms in total. The third-order valence-corrected chi connectivity index (χ3v) is 2.37. The number of esters is 1. The van der Waals surface area contributed by atoms with Crippen LogP contribution in [0.15, 0.2) is 18.2 Å². The summed E-state index contributed by atoms with van der Waals surface area (Å²) < 4.78 is 17.9. The van der Waals surface area contributed by atoms with Crippen LogP contribution in [0.1, 0.15) is 18.6 Å². The topological polar surface area (TPSA) is 66.8 Å². The van der Waals surface area contributed by atoms with Gasteiger partial charge in [0.05, 0.1) is 19.1 Å². The molecule has 0 unspecified atom stereocenters. The van der Waals surface area contributed by atoms with Crippen molar-refractivity contribution in [3.63, 3.8) is 0 Å². The highest BCUT2D eigenvalue weighted by molar-refractivity contribution is 5.72. The lowest BCUT2D eigenvalue weighted by molar-refractivity contribution is -0.148. The quantitative estimate of drug-likeness (QED) is 0.767. The van der Waals surface area contributed by atoms with Crippen LogP contribution in [0.3, 0.4) is 0 Å². The smallest absolute Gasteiger partial charge is 0.311 e. The van der Waals surface area contributed by atoms with Gasteiger partial charge in [-0.05, 0) is 13.0 Å². The lowest BCUT2D eigenvalue weighted by Crippen LogP contribution is -2.21. The summed E-state index contributed by atoms with van der Waals surface area (Å²) in [6, 6.07) is 3.86. The molecule has 0 spiro atoms. The van der Waals surface area contributed by atoms with Crippen molar-refractivity contribution >= 4 is 5.97 Å². The molecule has 0 aromatic heterocycles. The van der Waals surface area contributed by atoms with E-state index in [0.717, 1.165) is 6.07 Å². The summed E-state index contributed by atoms with van der Waals surface area (Å²) in [6.45, 7) is 1.42. The Kier molecular flexibility index (Phi) is 3.84. The Bertz CT molecular complexity index is 392. The molecule has 2 N–H and O–H groups in total. The minimum absolute atomic E-state index is 0.127. The second kappa shape index (κ2) is 4.94. The van der Waals surface area contributed by atoms with Crippen LogP contribution < -0.4 is 0 Å². The standard InChI is InChI=1S/C11H13FO4/c1-6(11(15)16-2)10(14)7-4-3-5-8(13)9(7)12/h3-6,10,13-14H,1-2H3/t6-,10+/m0/s1. The summed E-state index contributed by atoms with van der Waals surface area (Å²) in [5, 5.41) is 18.9. The molecule has 0 saturated heterocycles. The fourth-order valence-corrected chi connectivity index (χ4v) is 1.35. The zero-order valence-electron chi connectivity index (χ0n) is 8.98. The molecule has 0 amide bonds. The molecule has 5 heteroatoms. The van der Waals surface area contributed by atoms with Crippen molar-refractivity contribution in [2.24, 2.45) is 5.92 Å². The van der Waals surface area contributed by atoms with Crippen LogP contribution >= 0.6 is 0 Å². The number of ether oxygens (including phenoxy) is 1. The van der Waals surface area contributed by atoms with Gasteiger partial charge in [-0.25, -0.2) is 4.39 Å². The summed E-state index contributed by atoms with van der Waals surface area (Å²) in [4.78, 5) is 11.2. The average Bonchev–Trinajstić information content (AvgIpc) is 2.29. The number of carbonyl (C=O) groups excluding carboxylic acids is 1. The Morgan fingerprint density at radius 3 is 2.69 bits per heavy atom. The van der Waals surface area contributed by atoms with Crippen LogP contribution in [0, 0.1) is 11.7 Å². The first-order valence-electron chi connectivity index (χ1n) is 4.72. The molecule has 1 aromatic carbocycles. The molecule has 0 aliphatic heterocycles. The minimum atomic E-state index is -1.35. The number of aliphatic hydroxyl groups excluding tert-OH is 1. The van der Waals surface area contributed by atoms with Crippen molar-refractivity contribution in [3.05, 3.63) is 29.6 Å². The number of hydrogen-bond donors (Lipinski definition) is 2. The fourth-order valence-electron chi connectivity index (χ4n) is 1.35. The molecule has 0 fully saturated rings. The maximum absolute atomic E-state index is 13.4. The van der Waals surface area contributed by atoms with Crippen LogP contribution in [0.5, 0.6) is 5.75 Å². The molecule has 0 radical (unpaired) electrons. The molecule has 16 heavy (non-hydrogen) atoms. The Balaban J connectivity index is 3.00. The van der Waals surface area contributed by atoms with Crippen molar-refractivity contribution in [3.8, 4) is 5.75 Å². The van der Waals surface area contributed by atoms with Crippen molar-refractivity contribution in [2.75, 3.05) is 7.11 Å². The van der Waals surface area contributed by atoms with E-state index in [1.54, 1.807) is 0 Å². The van der Waals surface area contributed by atoms with E-state index < -0.39 is 29.6 Å². The van der Waals surface area contributed by atoms with Gasteiger partial charge in [-0.3, -0.25) is 4.79 Å². The minimum Gasteiger partial charge on any atom is -0.505 e. The van der Waals surface area contributed by atoms with Crippen LogP contribution in [0.2, 0.25) is 0 Å². The second-order valence-electron chi connectivity index (χ2n) is 3.44. The predicted molar refractivity (Wildman–Crippen MR) is 54.2 cm³/mol. The third kappa shape index (κ3) is 2.30. The Labute approximate surface area is 92.3 Å². The highest BCUT2D eigenvalue weighted by Gasteiger charge is 2.27. The first kappa shape index (κ1) is 12.4. The summed E-state index contributed by atoms with van der Waals surface area (Å²) in [7, 11) is 1.18. The first-order chi connectivity index (χ1) is 7.49. The first-order valence-corrected chi connectivity index (χ1v) is 4.72. The van der Waals surface area contributed by atoms with Gasteiger partial charge in [0.1, 0.15) is 0 Å². The van der Waals surface area contributed by atoms with Gasteiger partial charge in [-0.15, -0.1) is 0 Å². The molecule has 0 aliphatic rings. The van der Waals surface area contributed by atoms with Gasteiger partial charge in [-0.2, -0.15) is 0 Å². The zero-order valence-corrected chi connectivity index (χ0v) is 8.98. The molecule has 1 aromatic rings. The van der Waals surface area contributed by atoms with E-state index in [0.29, 0.717) is 0 Å². The third-order valence-electron chi connectivity index (χ3n) is 2.37. The number of methoxy groups -OCH3 is 1. The van der Waals surface area contributed by atoms with Crippen molar-refractivity contribution in [1.29, 1.82) is 0 Å². The number of rotatable bonds is 3. The van der Waals surface area contributed by atoms with Gasteiger partial charge >= 0.3 is 5.97 Å². The van der Waals surface area contributed by atoms with Crippen molar-refractivity contribution in [2.45, 2.75) is 13.0 Å². The van der Waals surface area contributed by atoms with Crippen molar-refractivity contribution < 1.29 is 24.1 Å². The zero-order chi connectivity index (χ0) is 12.3. The Hall–Kier alpha value is -1.62. The van der Waals surface area contributed by atoms with Crippen LogP contribution in [-0.4, -0.2) is 23.3 Å². The van der Waals surface area contributed by atoms with Crippen LogP contribution in [0.25, 0.3) is 0 Å². The molecule has 2 atom stereocenters. The van der Waals surface area contributed by atoms with E-state index in [4.69, 9.17) is 5.11 Å². The van der Waals surface area contributed by atoms with Crippen LogP contribution in [0.4, 0.5) is 4.39 Å². The van der Waals surface area contributed by atoms with E-state index in [1.165, 1.54) is 26.2 Å². The van der Waals surface area contributed by atoms with Gasteiger partial charge < -0.3 is 14.9 Å². The highest BCUT2D eigenvalue weighted by atomic mass is 19.1. The molecule has 1 rings (SSSR count). The lowest BCUT2D eigenvalue weighted by Gasteiger charge is -2.17. The lowest BCUT2D eigenvalue weighted by atomic mass is 9.97. The van der Waals surface area contributed by atoms with E-state index in [1.807, 2.05) is 0 Å². The fraction of sp³-hybridized carbons (Fsp3) is 0.364. The van der Waals surface area contributed by atoms with Gasteiger partial charge in [0.25, 0.3) is 0 Å². The second-order valence-corrected chi connectivity index (χ2v) is 3.44. The maximum Gasteiger partial charge on any atom is 0.311 e. The Morgan fingerprint density at radius 1 is 1.50 bits per heavy atom. The highest BCUT2D eigenvalue weighted by Crippen LogP contribution is 2.29. The number of carbonyl (C=O) groups is 1. The SMILES string of the molecule is COC(=O)[C@@H](C)[C@@H](O)c1cccc(O)c1F. The van der Waals surface area contributed by atoms with E-state index >= 15 is 0 Å². The normalized spacial score (nSPS) is 14.2. The van der Waals surface area contributed by atoms with E-state index in [2.05, 4.69) is 4.74 Å². The van der Waals surface area contributed by atoms with Gasteiger partial charge in [0.2, 0.25) is 0 Å². The monoisotopic (exact) mass is 228 g/mol. The van der Waals surface area contributed by atoms with E-state index in [9.17, 15) is 14.3 Å². The number of hydrogen-bond acceptors (Lipinski definition) is 4. The number of halogens is 1. The van der Waals surface area contributed by atoms with E-state index in [-0.39, 0.29) is 5.56 Å². The summed E-state index contributed by atoms with van der Waals surface area (Å²) >= 11 is 0. The summed E-state index contributed by atoms with van der Waals surface area (Å²) in [6.07, 6.45) is -1.35. The number of benzene rings is 1. The molecule has 0 heterocycles. The van der Waals surface area contributed by atoms with Gasteiger partial charge in [-0.1, -0.05) is 12.1 Å². The average molecular weight is 228 g/mol.